The summed E-state index contributed by atoms with van der Waals surface area (Å²) in [5, 5.41) is 17.5. The quantitative estimate of drug-likeness (QED) is 0.695. The minimum atomic E-state index is -1.04. The van der Waals surface area contributed by atoms with Gasteiger partial charge in [0.15, 0.2) is 0 Å². The molecule has 1 rings (SSSR count). The Morgan fingerprint density at radius 2 is 1.93 bits per heavy atom. The minimum absolute atomic E-state index is 0.140. The number of carboxylic acid groups (broad SMARTS) is 2. The summed E-state index contributed by atoms with van der Waals surface area (Å²) >= 11 is 0. The van der Waals surface area contributed by atoms with Crippen molar-refractivity contribution in [2.24, 2.45) is 0 Å². The van der Waals surface area contributed by atoms with Crippen molar-refractivity contribution < 1.29 is 19.8 Å². The Labute approximate surface area is 80.9 Å². The highest BCUT2D eigenvalue weighted by Crippen LogP contribution is 2.17. The molecular formula is C10H10O4. The number of allylic oxidation sites excluding steroid dienone is 3. The van der Waals surface area contributed by atoms with Crippen LogP contribution in [-0.2, 0) is 9.59 Å². The van der Waals surface area contributed by atoms with Gasteiger partial charge >= 0.3 is 11.9 Å². The minimum Gasteiger partial charge on any atom is -0.478 e. The lowest BCUT2D eigenvalue weighted by atomic mass is 10.1. The van der Waals surface area contributed by atoms with Gasteiger partial charge in [-0.05, 0) is 25.0 Å². The van der Waals surface area contributed by atoms with Crippen molar-refractivity contribution >= 4 is 11.9 Å². The molecule has 0 atom stereocenters. The fourth-order valence-corrected chi connectivity index (χ4v) is 1.22. The van der Waals surface area contributed by atoms with Crippen molar-refractivity contribution in [3.8, 4) is 0 Å². The summed E-state index contributed by atoms with van der Waals surface area (Å²) in [7, 11) is 0. The number of hydrogen-bond acceptors (Lipinski definition) is 2. The SMILES string of the molecule is CC1=C(C(=O)O)C=CCC(C(=O)O)=C1. The van der Waals surface area contributed by atoms with E-state index in [9.17, 15) is 9.59 Å². The van der Waals surface area contributed by atoms with Gasteiger partial charge in [0.25, 0.3) is 0 Å². The molecule has 0 spiro atoms. The van der Waals surface area contributed by atoms with Crippen LogP contribution in [0.2, 0.25) is 0 Å². The first kappa shape index (κ1) is 10.2. The van der Waals surface area contributed by atoms with E-state index in [0.29, 0.717) is 5.57 Å². The molecule has 0 aromatic carbocycles. The van der Waals surface area contributed by atoms with Gasteiger partial charge in [-0.1, -0.05) is 12.2 Å². The molecule has 0 saturated carbocycles. The zero-order valence-electron chi connectivity index (χ0n) is 7.65. The lowest BCUT2D eigenvalue weighted by Crippen LogP contribution is -2.01. The molecular weight excluding hydrogens is 184 g/mol. The molecule has 1 aliphatic rings. The van der Waals surface area contributed by atoms with Gasteiger partial charge in [0.1, 0.15) is 0 Å². The van der Waals surface area contributed by atoms with Gasteiger partial charge < -0.3 is 10.2 Å². The summed E-state index contributed by atoms with van der Waals surface area (Å²) in [6.45, 7) is 1.59. The molecule has 4 nitrogen and oxygen atoms in total. The van der Waals surface area contributed by atoms with Crippen molar-refractivity contribution in [2.45, 2.75) is 13.3 Å². The highest BCUT2D eigenvalue weighted by atomic mass is 16.4. The van der Waals surface area contributed by atoms with Crippen LogP contribution in [0.3, 0.4) is 0 Å². The second-order valence-electron chi connectivity index (χ2n) is 2.98. The number of rotatable bonds is 2. The van der Waals surface area contributed by atoms with Crippen LogP contribution in [0, 0.1) is 0 Å². The Morgan fingerprint density at radius 3 is 2.43 bits per heavy atom. The first-order chi connectivity index (χ1) is 6.52. The molecule has 0 aromatic rings. The van der Waals surface area contributed by atoms with Crippen molar-refractivity contribution in [2.75, 3.05) is 0 Å². The summed E-state index contributed by atoms with van der Waals surface area (Å²) in [4.78, 5) is 21.4. The number of carbonyl (C=O) groups is 2. The highest BCUT2D eigenvalue weighted by Gasteiger charge is 2.13. The highest BCUT2D eigenvalue weighted by molar-refractivity contribution is 5.93. The van der Waals surface area contributed by atoms with Crippen molar-refractivity contribution in [1.82, 2.24) is 0 Å². The van der Waals surface area contributed by atoms with Gasteiger partial charge in [0, 0.05) is 5.57 Å². The molecule has 0 unspecified atom stereocenters. The van der Waals surface area contributed by atoms with E-state index in [-0.39, 0.29) is 17.6 Å². The average molecular weight is 194 g/mol. The molecule has 4 heteroatoms. The van der Waals surface area contributed by atoms with Gasteiger partial charge in [-0.15, -0.1) is 0 Å². The first-order valence-corrected chi connectivity index (χ1v) is 4.07. The van der Waals surface area contributed by atoms with Crippen LogP contribution in [0.15, 0.2) is 34.9 Å². The lowest BCUT2D eigenvalue weighted by molar-refractivity contribution is -0.133. The third-order valence-electron chi connectivity index (χ3n) is 1.94. The Balaban J connectivity index is 3.15. The van der Waals surface area contributed by atoms with Crippen LogP contribution < -0.4 is 0 Å². The molecule has 1 aliphatic carbocycles. The predicted molar refractivity (Wildman–Crippen MR) is 49.8 cm³/mol. The van der Waals surface area contributed by atoms with E-state index in [0.717, 1.165) is 0 Å². The second kappa shape index (κ2) is 3.91. The normalized spacial score (nSPS) is 16.2. The van der Waals surface area contributed by atoms with Crippen LogP contribution >= 0.6 is 0 Å². The maximum absolute atomic E-state index is 10.7. The lowest BCUT2D eigenvalue weighted by Gasteiger charge is -1.97. The van der Waals surface area contributed by atoms with Crippen LogP contribution in [-0.4, -0.2) is 22.2 Å². The molecule has 14 heavy (non-hydrogen) atoms. The van der Waals surface area contributed by atoms with E-state index in [1.54, 1.807) is 13.0 Å². The largest absolute Gasteiger partial charge is 0.478 e. The zero-order chi connectivity index (χ0) is 10.7. The van der Waals surface area contributed by atoms with E-state index in [2.05, 4.69) is 0 Å². The van der Waals surface area contributed by atoms with Crippen molar-refractivity contribution in [3.05, 3.63) is 34.9 Å². The van der Waals surface area contributed by atoms with Crippen LogP contribution in [0.5, 0.6) is 0 Å². The van der Waals surface area contributed by atoms with Gasteiger partial charge in [-0.3, -0.25) is 0 Å². The summed E-state index contributed by atoms with van der Waals surface area (Å²) in [5.74, 6) is -2.05. The summed E-state index contributed by atoms with van der Waals surface area (Å²) in [6, 6.07) is 0. The van der Waals surface area contributed by atoms with Gasteiger partial charge in [-0.2, -0.15) is 0 Å². The molecule has 74 valence electrons. The van der Waals surface area contributed by atoms with Gasteiger partial charge in [0.05, 0.1) is 5.57 Å². The summed E-state index contributed by atoms with van der Waals surface area (Å²) in [5.41, 5.74) is 0.805. The van der Waals surface area contributed by atoms with Crippen LogP contribution in [0.25, 0.3) is 0 Å². The average Bonchev–Trinajstić information content (AvgIpc) is 2.26. The standard InChI is InChI=1S/C10H10O4/c1-6-5-7(9(11)12)3-2-4-8(6)10(13)14/h2,4-5H,3H2,1H3,(H,11,12)(H,13,14). The molecule has 0 saturated heterocycles. The maximum atomic E-state index is 10.7. The molecule has 0 amide bonds. The third-order valence-corrected chi connectivity index (χ3v) is 1.94. The van der Waals surface area contributed by atoms with Crippen molar-refractivity contribution in [1.29, 1.82) is 0 Å². The second-order valence-corrected chi connectivity index (χ2v) is 2.98. The maximum Gasteiger partial charge on any atom is 0.335 e. The molecule has 0 fully saturated rings. The summed E-state index contributed by atoms with van der Waals surface area (Å²) in [6.07, 6.45) is 4.62. The fraction of sp³-hybridized carbons (Fsp3) is 0.200. The molecule has 0 heterocycles. The Kier molecular flexibility index (Phi) is 2.86. The smallest absolute Gasteiger partial charge is 0.335 e. The van der Waals surface area contributed by atoms with E-state index >= 15 is 0 Å². The number of carboxylic acids is 2. The molecule has 0 aromatic heterocycles. The number of hydrogen-bond donors (Lipinski definition) is 2. The molecule has 0 aliphatic heterocycles. The third kappa shape index (κ3) is 2.10. The predicted octanol–water partition coefficient (Wildman–Crippen LogP) is 1.36. The van der Waals surface area contributed by atoms with E-state index in [1.165, 1.54) is 12.2 Å². The molecule has 0 bridgehead atoms. The van der Waals surface area contributed by atoms with E-state index in [4.69, 9.17) is 10.2 Å². The van der Waals surface area contributed by atoms with Gasteiger partial charge in [0.2, 0.25) is 0 Å². The summed E-state index contributed by atoms with van der Waals surface area (Å²) < 4.78 is 0. The van der Waals surface area contributed by atoms with Crippen LogP contribution in [0.1, 0.15) is 13.3 Å². The fourth-order valence-electron chi connectivity index (χ4n) is 1.22. The van der Waals surface area contributed by atoms with E-state index in [1.807, 2.05) is 0 Å². The van der Waals surface area contributed by atoms with Crippen LogP contribution in [0.4, 0.5) is 0 Å². The van der Waals surface area contributed by atoms with E-state index < -0.39 is 11.9 Å². The Bertz CT molecular complexity index is 372. The molecule has 0 radical (unpaired) electrons. The Morgan fingerprint density at radius 1 is 1.29 bits per heavy atom. The molecule has 2 N–H and O–H groups in total. The zero-order valence-corrected chi connectivity index (χ0v) is 7.65. The van der Waals surface area contributed by atoms with Gasteiger partial charge in [-0.25, -0.2) is 9.59 Å². The monoisotopic (exact) mass is 194 g/mol. The topological polar surface area (TPSA) is 74.6 Å². The van der Waals surface area contributed by atoms with Crippen molar-refractivity contribution in [3.63, 3.8) is 0 Å². The first-order valence-electron chi connectivity index (χ1n) is 4.07. The Hall–Kier alpha value is -1.84. The number of aliphatic carboxylic acids is 2.